The summed E-state index contributed by atoms with van der Waals surface area (Å²) in [6.45, 7) is 9.34. The second-order valence-electron chi connectivity index (χ2n) is 7.58. The van der Waals surface area contributed by atoms with Gasteiger partial charge in [0.2, 0.25) is 0 Å². The van der Waals surface area contributed by atoms with Gasteiger partial charge in [-0.05, 0) is 36.8 Å². The van der Waals surface area contributed by atoms with E-state index in [0.29, 0.717) is 36.2 Å². The van der Waals surface area contributed by atoms with E-state index >= 15 is 0 Å². The van der Waals surface area contributed by atoms with E-state index in [1.807, 2.05) is 0 Å². The second kappa shape index (κ2) is 14.2. The lowest BCUT2D eigenvalue weighted by atomic mass is 10.0. The van der Waals surface area contributed by atoms with Crippen LogP contribution < -0.4 is 0 Å². The van der Waals surface area contributed by atoms with Crippen LogP contribution in [0, 0.1) is 11.8 Å². The smallest absolute Gasteiger partial charge is 0.339 e. The molecule has 1 rings (SSSR count). The number of ether oxygens (including phenoxy) is 2. The summed E-state index contributed by atoms with van der Waals surface area (Å²) in [5, 5.41) is 0. The summed E-state index contributed by atoms with van der Waals surface area (Å²) in [5.74, 6) is -0.153. The molecule has 0 spiro atoms. The molecule has 4 heteroatoms. The van der Waals surface area contributed by atoms with E-state index in [-0.39, 0.29) is 0 Å². The molecule has 0 heterocycles. The number of esters is 2. The zero-order chi connectivity index (χ0) is 20.8. The van der Waals surface area contributed by atoms with Gasteiger partial charge in [0.1, 0.15) is 0 Å². The van der Waals surface area contributed by atoms with Gasteiger partial charge >= 0.3 is 11.9 Å². The first kappa shape index (κ1) is 24.2. The van der Waals surface area contributed by atoms with Crippen molar-refractivity contribution in [1.29, 1.82) is 0 Å². The van der Waals surface area contributed by atoms with Gasteiger partial charge in [0.25, 0.3) is 0 Å². The van der Waals surface area contributed by atoms with Crippen molar-refractivity contribution in [2.45, 2.75) is 79.1 Å². The summed E-state index contributed by atoms with van der Waals surface area (Å²) in [5.41, 5.74) is 0.582. The molecule has 2 unspecified atom stereocenters. The summed E-state index contributed by atoms with van der Waals surface area (Å²) in [6, 6.07) is 6.77. The molecule has 0 saturated carbocycles. The molecule has 158 valence electrons. The molecule has 0 radical (unpaired) electrons. The summed E-state index contributed by atoms with van der Waals surface area (Å²) in [6.07, 6.45) is 8.61. The molecule has 0 N–H and O–H groups in total. The van der Waals surface area contributed by atoms with Crippen LogP contribution in [0.15, 0.2) is 24.3 Å². The third-order valence-electron chi connectivity index (χ3n) is 5.35. The third-order valence-corrected chi connectivity index (χ3v) is 5.35. The van der Waals surface area contributed by atoms with E-state index in [0.717, 1.165) is 51.4 Å². The molecule has 1 aromatic rings. The van der Waals surface area contributed by atoms with Gasteiger partial charge < -0.3 is 9.47 Å². The number of benzene rings is 1. The van der Waals surface area contributed by atoms with Gasteiger partial charge in [-0.3, -0.25) is 0 Å². The maximum absolute atomic E-state index is 12.6. The highest BCUT2D eigenvalue weighted by molar-refractivity contribution is 6.03. The van der Waals surface area contributed by atoms with Crippen LogP contribution in [0.4, 0.5) is 0 Å². The van der Waals surface area contributed by atoms with Gasteiger partial charge in [-0.25, -0.2) is 9.59 Å². The number of rotatable bonds is 14. The normalized spacial score (nSPS) is 13.0. The zero-order valence-corrected chi connectivity index (χ0v) is 18.2. The molecule has 0 aliphatic rings. The molecule has 0 aromatic heterocycles. The number of unbranched alkanes of at least 4 members (excludes halogenated alkanes) is 2. The first-order valence-corrected chi connectivity index (χ1v) is 11.0. The second-order valence-corrected chi connectivity index (χ2v) is 7.58. The van der Waals surface area contributed by atoms with Crippen LogP contribution in [-0.4, -0.2) is 25.2 Å². The highest BCUT2D eigenvalue weighted by Crippen LogP contribution is 2.18. The topological polar surface area (TPSA) is 52.6 Å². The van der Waals surface area contributed by atoms with Crippen LogP contribution in [0.5, 0.6) is 0 Å². The lowest BCUT2D eigenvalue weighted by molar-refractivity contribution is 0.0381. The standard InChI is InChI=1S/C24H38O4/c1-5-9-13-19(7-3)17-27-23(25)21-15-11-12-16-22(21)24(26)28-18-20(8-4)14-10-6-2/h11-12,15-16,19-20H,5-10,13-14,17-18H2,1-4H3/i11+2,12+2,15+2,16+2,21+2,22+2. The average Bonchev–Trinajstić information content (AvgIpc) is 2.73. The predicted molar refractivity (Wildman–Crippen MR) is 114 cm³/mol. The van der Waals surface area contributed by atoms with Crippen molar-refractivity contribution in [1.82, 2.24) is 0 Å². The van der Waals surface area contributed by atoms with E-state index in [1.165, 1.54) is 0 Å². The molecule has 28 heavy (non-hydrogen) atoms. The molecular weight excluding hydrogens is 364 g/mol. The predicted octanol–water partition coefficient (Wildman–Crippen LogP) is 6.43. The lowest BCUT2D eigenvalue weighted by Crippen LogP contribution is -2.19. The highest BCUT2D eigenvalue weighted by Gasteiger charge is 2.21. The maximum atomic E-state index is 12.6. The Bertz CT molecular complexity index is 531. The first-order chi connectivity index (χ1) is 13.6. The zero-order valence-electron chi connectivity index (χ0n) is 18.2. The van der Waals surface area contributed by atoms with Crippen LogP contribution in [-0.2, 0) is 9.47 Å². The van der Waals surface area contributed by atoms with Crippen molar-refractivity contribution in [3.8, 4) is 0 Å². The summed E-state index contributed by atoms with van der Waals surface area (Å²) in [7, 11) is 0. The molecule has 1 aromatic carbocycles. The number of hydrogen-bond donors (Lipinski definition) is 0. The van der Waals surface area contributed by atoms with Crippen molar-refractivity contribution >= 4 is 11.9 Å². The van der Waals surface area contributed by atoms with Crippen LogP contribution in [0.1, 0.15) is 99.8 Å². The molecule has 0 aliphatic heterocycles. The van der Waals surface area contributed by atoms with Gasteiger partial charge in [-0.1, -0.05) is 78.4 Å². The van der Waals surface area contributed by atoms with Gasteiger partial charge in [-0.15, -0.1) is 0 Å². The van der Waals surface area contributed by atoms with E-state index in [1.54, 1.807) is 24.3 Å². The fourth-order valence-electron chi connectivity index (χ4n) is 3.18. The minimum Gasteiger partial charge on any atom is -0.462 e. The Kier molecular flexibility index (Phi) is 12.3. The molecule has 0 amide bonds. The molecule has 0 bridgehead atoms. The van der Waals surface area contributed by atoms with Crippen LogP contribution >= 0.6 is 0 Å². The van der Waals surface area contributed by atoms with Gasteiger partial charge in [-0.2, -0.15) is 0 Å². The minimum atomic E-state index is -0.444. The fraction of sp³-hybridized carbons (Fsp3) is 0.667. The SMILES string of the molecule is CCCCC(CC)COC(=O)[14c]1[14cH][14cH][14cH][14cH][14c]1C(=O)OCC(CC)CCCC. The molecule has 0 fully saturated rings. The van der Waals surface area contributed by atoms with Gasteiger partial charge in [0, 0.05) is 0 Å². The Morgan fingerprint density at radius 3 is 1.46 bits per heavy atom. The van der Waals surface area contributed by atoms with Crippen LogP contribution in [0.25, 0.3) is 0 Å². The molecule has 4 nitrogen and oxygen atoms in total. The van der Waals surface area contributed by atoms with Crippen LogP contribution in [0.2, 0.25) is 0 Å². The van der Waals surface area contributed by atoms with Gasteiger partial charge in [0.15, 0.2) is 0 Å². The number of carbonyl (C=O) groups excluding carboxylic acids is 2. The Balaban J connectivity index is 2.69. The van der Waals surface area contributed by atoms with Crippen molar-refractivity contribution in [3.05, 3.63) is 35.4 Å². The summed E-state index contributed by atoms with van der Waals surface area (Å²) >= 11 is 0. The van der Waals surface area contributed by atoms with E-state index < -0.39 is 11.9 Å². The van der Waals surface area contributed by atoms with E-state index in [4.69, 9.17) is 9.47 Å². The van der Waals surface area contributed by atoms with Crippen molar-refractivity contribution in [2.24, 2.45) is 11.8 Å². The maximum Gasteiger partial charge on any atom is 0.339 e. The highest BCUT2D eigenvalue weighted by atomic mass is 16.6. The summed E-state index contributed by atoms with van der Waals surface area (Å²) < 4.78 is 11.0. The number of carbonyl (C=O) groups is 2. The van der Waals surface area contributed by atoms with E-state index in [9.17, 15) is 9.59 Å². The Morgan fingerprint density at radius 1 is 0.750 bits per heavy atom. The van der Waals surface area contributed by atoms with Gasteiger partial charge in [0.05, 0.1) is 24.3 Å². The Morgan fingerprint density at radius 2 is 1.14 bits per heavy atom. The minimum absolute atomic E-state index is 0.291. The fourth-order valence-corrected chi connectivity index (χ4v) is 3.18. The van der Waals surface area contributed by atoms with E-state index in [2.05, 4.69) is 27.7 Å². The Hall–Kier alpha value is -1.84. The van der Waals surface area contributed by atoms with Crippen LogP contribution in [0.3, 0.4) is 0 Å². The van der Waals surface area contributed by atoms with Crippen molar-refractivity contribution in [3.63, 3.8) is 0 Å². The van der Waals surface area contributed by atoms with Crippen molar-refractivity contribution in [2.75, 3.05) is 13.2 Å². The largest absolute Gasteiger partial charge is 0.462 e. The monoisotopic (exact) mass is 402 g/mol. The third kappa shape index (κ3) is 8.45. The Labute approximate surface area is 171 Å². The molecular formula is C24H38O4. The average molecular weight is 403 g/mol. The number of hydrogen-bond acceptors (Lipinski definition) is 4. The molecule has 2 atom stereocenters. The first-order valence-electron chi connectivity index (χ1n) is 11.0. The molecule has 0 saturated heterocycles. The molecule has 0 aliphatic carbocycles. The lowest BCUT2D eigenvalue weighted by Gasteiger charge is -2.17. The quantitative estimate of drug-likeness (QED) is 0.336. The van der Waals surface area contributed by atoms with Crippen molar-refractivity contribution < 1.29 is 19.1 Å². The summed E-state index contributed by atoms with van der Waals surface area (Å²) in [4.78, 5) is 25.1.